The molecule has 0 saturated heterocycles. The van der Waals surface area contributed by atoms with Gasteiger partial charge in [-0.15, -0.1) is 0 Å². The fourth-order valence-electron chi connectivity index (χ4n) is 5.91. The Morgan fingerprint density at radius 1 is 1.17 bits per heavy atom. The number of rotatable bonds is 3. The number of aliphatic hydroxyl groups excluding tert-OH is 4. The Morgan fingerprint density at radius 2 is 1.88 bits per heavy atom. The van der Waals surface area contributed by atoms with E-state index in [-0.39, 0.29) is 24.0 Å². The predicted molar refractivity (Wildman–Crippen MR) is 93.3 cm³/mol. The summed E-state index contributed by atoms with van der Waals surface area (Å²) < 4.78 is 0. The number of hydrogen-bond acceptors (Lipinski definition) is 4. The lowest BCUT2D eigenvalue weighted by Crippen LogP contribution is -2.54. The van der Waals surface area contributed by atoms with Crippen LogP contribution in [0.3, 0.4) is 0 Å². The molecule has 4 nitrogen and oxygen atoms in total. The summed E-state index contributed by atoms with van der Waals surface area (Å²) in [6.07, 6.45) is 6.72. The van der Waals surface area contributed by atoms with Gasteiger partial charge in [0.15, 0.2) is 0 Å². The molecule has 2 saturated carbocycles. The zero-order valence-corrected chi connectivity index (χ0v) is 15.3. The van der Waals surface area contributed by atoms with Crippen molar-refractivity contribution in [1.29, 1.82) is 0 Å². The summed E-state index contributed by atoms with van der Waals surface area (Å²) in [5.41, 5.74) is 0.699. The number of aliphatic hydroxyl groups is 4. The molecule has 138 valence electrons. The van der Waals surface area contributed by atoms with E-state index in [1.165, 1.54) is 5.57 Å². The maximum atomic E-state index is 10.5. The average Bonchev–Trinajstić information content (AvgIpc) is 2.58. The number of fused-ring (bicyclic) bond motifs is 3. The third kappa shape index (κ3) is 2.49. The molecule has 3 rings (SSSR count). The minimum atomic E-state index is -0.650. The van der Waals surface area contributed by atoms with Crippen LogP contribution >= 0.6 is 0 Å². The second kappa shape index (κ2) is 6.08. The fraction of sp³-hybridized carbons (Fsp3) is 0.900. The van der Waals surface area contributed by atoms with Gasteiger partial charge in [0, 0.05) is 5.41 Å². The summed E-state index contributed by atoms with van der Waals surface area (Å²) in [6, 6.07) is 0. The van der Waals surface area contributed by atoms with Gasteiger partial charge in [0.1, 0.15) is 0 Å². The quantitative estimate of drug-likeness (QED) is 0.595. The van der Waals surface area contributed by atoms with E-state index < -0.39 is 17.6 Å². The van der Waals surface area contributed by atoms with Crippen LogP contribution in [0.2, 0.25) is 0 Å². The Balaban J connectivity index is 1.92. The van der Waals surface area contributed by atoms with Crippen LogP contribution in [0.15, 0.2) is 11.6 Å². The molecule has 3 aliphatic rings. The molecule has 7 atom stereocenters. The van der Waals surface area contributed by atoms with Gasteiger partial charge in [-0.1, -0.05) is 32.4 Å². The van der Waals surface area contributed by atoms with Gasteiger partial charge >= 0.3 is 0 Å². The molecule has 3 aliphatic carbocycles. The Morgan fingerprint density at radius 3 is 2.50 bits per heavy atom. The highest BCUT2D eigenvalue weighted by Gasteiger charge is 2.56. The van der Waals surface area contributed by atoms with Crippen molar-refractivity contribution in [1.82, 2.24) is 0 Å². The van der Waals surface area contributed by atoms with E-state index >= 15 is 0 Å². The van der Waals surface area contributed by atoms with Crippen LogP contribution in [0.25, 0.3) is 0 Å². The zero-order chi connectivity index (χ0) is 17.8. The highest BCUT2D eigenvalue weighted by atomic mass is 16.3. The van der Waals surface area contributed by atoms with Crippen LogP contribution in [0, 0.1) is 28.1 Å². The normalized spacial score (nSPS) is 49.8. The molecule has 0 heterocycles. The van der Waals surface area contributed by atoms with Gasteiger partial charge in [-0.05, 0) is 61.2 Å². The Labute approximate surface area is 145 Å². The van der Waals surface area contributed by atoms with E-state index in [1.54, 1.807) is 0 Å². The summed E-state index contributed by atoms with van der Waals surface area (Å²) in [6.45, 7) is 6.31. The van der Waals surface area contributed by atoms with Crippen LogP contribution in [0.5, 0.6) is 0 Å². The summed E-state index contributed by atoms with van der Waals surface area (Å²) in [5.74, 6) is 0.900. The zero-order valence-electron chi connectivity index (χ0n) is 15.3. The van der Waals surface area contributed by atoms with Crippen molar-refractivity contribution in [3.05, 3.63) is 11.6 Å². The fourth-order valence-corrected chi connectivity index (χ4v) is 5.91. The minimum Gasteiger partial charge on any atom is -0.395 e. The minimum absolute atomic E-state index is 0.00180. The van der Waals surface area contributed by atoms with E-state index in [0.29, 0.717) is 11.8 Å². The van der Waals surface area contributed by atoms with Gasteiger partial charge in [-0.2, -0.15) is 0 Å². The molecule has 4 heteroatoms. The van der Waals surface area contributed by atoms with Gasteiger partial charge in [0.25, 0.3) is 0 Å². The van der Waals surface area contributed by atoms with Gasteiger partial charge < -0.3 is 20.4 Å². The summed E-state index contributed by atoms with van der Waals surface area (Å²) in [4.78, 5) is 0. The maximum absolute atomic E-state index is 10.5. The molecule has 0 aliphatic heterocycles. The molecule has 24 heavy (non-hydrogen) atoms. The lowest BCUT2D eigenvalue weighted by Gasteiger charge is -2.60. The van der Waals surface area contributed by atoms with Crippen molar-refractivity contribution >= 4 is 0 Å². The molecule has 0 unspecified atom stereocenters. The third-order valence-corrected chi connectivity index (χ3v) is 8.10. The highest BCUT2D eigenvalue weighted by Crippen LogP contribution is 2.63. The molecule has 0 aromatic rings. The van der Waals surface area contributed by atoms with Gasteiger partial charge in [-0.25, -0.2) is 0 Å². The summed E-state index contributed by atoms with van der Waals surface area (Å²) in [7, 11) is 0. The van der Waals surface area contributed by atoms with Gasteiger partial charge in [0.05, 0.1) is 25.4 Å². The molecule has 0 aromatic heterocycles. The average molecular weight is 338 g/mol. The van der Waals surface area contributed by atoms with Gasteiger partial charge in [0.2, 0.25) is 0 Å². The van der Waals surface area contributed by atoms with E-state index in [4.69, 9.17) is 0 Å². The van der Waals surface area contributed by atoms with Crippen LogP contribution in [-0.2, 0) is 0 Å². The maximum Gasteiger partial charge on any atom is 0.0824 e. The molecule has 0 radical (unpaired) electrons. The Bertz CT molecular complexity index is 518. The van der Waals surface area contributed by atoms with Crippen molar-refractivity contribution in [3.63, 3.8) is 0 Å². The van der Waals surface area contributed by atoms with E-state index in [1.807, 2.05) is 6.92 Å². The number of allylic oxidation sites excluding steroid dienone is 1. The largest absolute Gasteiger partial charge is 0.395 e. The second-order valence-corrected chi connectivity index (χ2v) is 9.38. The van der Waals surface area contributed by atoms with Gasteiger partial charge in [-0.3, -0.25) is 0 Å². The molecule has 0 amide bonds. The van der Waals surface area contributed by atoms with E-state index in [9.17, 15) is 20.4 Å². The van der Waals surface area contributed by atoms with Crippen LogP contribution in [0.1, 0.15) is 59.3 Å². The molecule has 0 bridgehead atoms. The third-order valence-electron chi connectivity index (χ3n) is 8.10. The van der Waals surface area contributed by atoms with Crippen LogP contribution in [-0.4, -0.2) is 45.8 Å². The molecule has 4 N–H and O–H groups in total. The van der Waals surface area contributed by atoms with Crippen molar-refractivity contribution in [2.75, 3.05) is 13.2 Å². The first-order valence-electron chi connectivity index (χ1n) is 9.49. The molecule has 2 fully saturated rings. The van der Waals surface area contributed by atoms with Crippen LogP contribution < -0.4 is 0 Å². The lowest BCUT2D eigenvalue weighted by molar-refractivity contribution is -0.104. The standard InChI is InChI=1S/C20H34O4/c1-18(17(24)11-21)8-9-19(2)13(10-18)4-5-15-14(19)6-7-16(23)20(15,3)12-22/h5,13-14,16-17,21-24H,4,6-12H2,1-3H3/t13-,14-,16+,17-,18-,19-,20-/m1/s1. The first-order chi connectivity index (χ1) is 11.2. The summed E-state index contributed by atoms with van der Waals surface area (Å²) in [5, 5.41) is 40.1. The highest BCUT2D eigenvalue weighted by molar-refractivity contribution is 5.29. The Hall–Kier alpha value is -0.420. The smallest absolute Gasteiger partial charge is 0.0824 e. The molecule has 0 spiro atoms. The molecular weight excluding hydrogens is 304 g/mol. The lowest BCUT2D eigenvalue weighted by atomic mass is 9.46. The van der Waals surface area contributed by atoms with Crippen molar-refractivity contribution in [2.24, 2.45) is 28.1 Å². The topological polar surface area (TPSA) is 80.9 Å². The van der Waals surface area contributed by atoms with E-state index in [2.05, 4.69) is 19.9 Å². The first-order valence-corrected chi connectivity index (χ1v) is 9.49. The van der Waals surface area contributed by atoms with Crippen molar-refractivity contribution < 1.29 is 20.4 Å². The SMILES string of the molecule is C[C@@]1([C@H](O)CO)CC[C@]2(C)[C@H](CC=C3[C@H]2CC[C@H](O)[C@]3(C)CO)C1. The predicted octanol–water partition coefficient (Wildman–Crippen LogP) is 2.25. The monoisotopic (exact) mass is 338 g/mol. The first kappa shape index (κ1) is 18.4. The molecule has 0 aromatic carbocycles. The summed E-state index contributed by atoms with van der Waals surface area (Å²) >= 11 is 0. The van der Waals surface area contributed by atoms with E-state index in [0.717, 1.165) is 38.5 Å². The van der Waals surface area contributed by atoms with Crippen molar-refractivity contribution in [2.45, 2.75) is 71.5 Å². The van der Waals surface area contributed by atoms with Crippen molar-refractivity contribution in [3.8, 4) is 0 Å². The molecular formula is C20H34O4. The Kier molecular flexibility index (Phi) is 4.66. The number of hydrogen-bond donors (Lipinski definition) is 4. The second-order valence-electron chi connectivity index (χ2n) is 9.38. The van der Waals surface area contributed by atoms with Crippen LogP contribution in [0.4, 0.5) is 0 Å².